The molecule has 2 N–H and O–H groups in total. The van der Waals surface area contributed by atoms with E-state index in [0.29, 0.717) is 42.5 Å². The third-order valence-corrected chi connectivity index (χ3v) is 4.81. The first-order chi connectivity index (χ1) is 16.1. The van der Waals surface area contributed by atoms with Crippen molar-refractivity contribution >= 4 is 12.2 Å². The molecule has 2 aromatic carbocycles. The molecule has 0 aliphatic rings. The van der Waals surface area contributed by atoms with Crippen molar-refractivity contribution in [3.05, 3.63) is 93.8 Å². The van der Waals surface area contributed by atoms with Crippen molar-refractivity contribution < 1.29 is 23.4 Å². The first-order valence-electron chi connectivity index (χ1n) is 10.6. The van der Waals surface area contributed by atoms with Crippen LogP contribution in [0.4, 0.5) is 0 Å². The Morgan fingerprint density at radius 3 is 2.67 bits per heavy atom. The van der Waals surface area contributed by atoms with Crippen LogP contribution in [-0.4, -0.2) is 21.7 Å². The second-order valence-corrected chi connectivity index (χ2v) is 7.21. The first kappa shape index (κ1) is 22.0. The smallest absolute Gasteiger partial charge is 0.419 e. The lowest BCUT2D eigenvalue weighted by molar-refractivity contribution is 0.266. The summed E-state index contributed by atoms with van der Waals surface area (Å²) in [5, 5.41) is 9.65. The molecule has 0 amide bonds. The third-order valence-electron chi connectivity index (χ3n) is 4.81. The molecule has 2 heterocycles. The number of nitrogens with zero attached hydrogens (tertiary/aromatic N) is 1. The molecule has 0 aliphatic heterocycles. The fourth-order valence-corrected chi connectivity index (χ4v) is 3.22. The number of hydrogen-bond acceptors (Lipinski definition) is 7. The summed E-state index contributed by atoms with van der Waals surface area (Å²) < 4.78 is 22.1. The summed E-state index contributed by atoms with van der Waals surface area (Å²) in [5.74, 6) is 0.991. The molecule has 2 aromatic heterocycles. The van der Waals surface area contributed by atoms with Gasteiger partial charge in [-0.25, -0.2) is 9.78 Å². The summed E-state index contributed by atoms with van der Waals surface area (Å²) in [6.45, 7) is 2.60. The van der Waals surface area contributed by atoms with Crippen molar-refractivity contribution in [2.75, 3.05) is 6.61 Å². The molecule has 33 heavy (non-hydrogen) atoms. The minimum absolute atomic E-state index is 0.224. The number of aromatic amines is 1. The standard InChI is InChI=1S/C25H24N2O6/c1-2-30-22-14-18(9-12-21-24(28)27-25(29)33-21)8-11-20(22)31-15-19-16-32-23(26-19)13-10-17-6-4-3-5-7-17/h3-8,10-11,13-14,16,28H,2,9,12,15H2,1H3,(H,27,29). The van der Waals surface area contributed by atoms with Gasteiger partial charge in [0.2, 0.25) is 11.8 Å². The SMILES string of the molecule is CCOc1cc(CCc2oc(=O)[nH]c2O)ccc1OCc1coc(C=Cc2ccccc2)n1. The van der Waals surface area contributed by atoms with Crippen molar-refractivity contribution in [3.8, 4) is 17.4 Å². The minimum Gasteiger partial charge on any atom is -0.492 e. The largest absolute Gasteiger partial charge is 0.492 e. The monoisotopic (exact) mass is 448 g/mol. The fourth-order valence-electron chi connectivity index (χ4n) is 3.22. The lowest BCUT2D eigenvalue weighted by Crippen LogP contribution is -2.01. The highest BCUT2D eigenvalue weighted by atomic mass is 16.5. The van der Waals surface area contributed by atoms with Crippen molar-refractivity contribution in [3.63, 3.8) is 0 Å². The van der Waals surface area contributed by atoms with Gasteiger partial charge in [0, 0.05) is 12.5 Å². The fraction of sp³-hybridized carbons (Fsp3) is 0.200. The maximum Gasteiger partial charge on any atom is 0.419 e. The normalized spacial score (nSPS) is 11.2. The summed E-state index contributed by atoms with van der Waals surface area (Å²) in [6, 6.07) is 15.5. The highest BCUT2D eigenvalue weighted by Gasteiger charge is 2.12. The zero-order valence-electron chi connectivity index (χ0n) is 18.1. The number of ether oxygens (including phenoxy) is 2. The van der Waals surface area contributed by atoms with Gasteiger partial charge in [-0.1, -0.05) is 36.4 Å². The Labute approximate surface area is 190 Å². The van der Waals surface area contributed by atoms with Gasteiger partial charge in [-0.3, -0.25) is 4.98 Å². The number of aryl methyl sites for hydroxylation is 2. The summed E-state index contributed by atoms with van der Waals surface area (Å²) in [6.07, 6.45) is 6.23. The Balaban J connectivity index is 1.38. The molecule has 0 saturated heterocycles. The number of benzene rings is 2. The van der Waals surface area contributed by atoms with Crippen LogP contribution in [0.5, 0.6) is 17.4 Å². The van der Waals surface area contributed by atoms with Gasteiger partial charge in [-0.05, 0) is 42.7 Å². The molecule has 0 aliphatic carbocycles. The highest BCUT2D eigenvalue weighted by Crippen LogP contribution is 2.30. The summed E-state index contributed by atoms with van der Waals surface area (Å²) >= 11 is 0. The zero-order chi connectivity index (χ0) is 23.0. The average molecular weight is 448 g/mol. The number of hydrogen-bond donors (Lipinski definition) is 2. The van der Waals surface area contributed by atoms with Crippen LogP contribution < -0.4 is 15.2 Å². The van der Waals surface area contributed by atoms with E-state index in [2.05, 4.69) is 9.97 Å². The topological polar surface area (TPSA) is 111 Å². The molecule has 4 rings (SSSR count). The van der Waals surface area contributed by atoms with Crippen molar-refractivity contribution in [1.29, 1.82) is 0 Å². The van der Waals surface area contributed by atoms with Gasteiger partial charge in [0.1, 0.15) is 18.6 Å². The van der Waals surface area contributed by atoms with Gasteiger partial charge >= 0.3 is 5.76 Å². The number of aromatic nitrogens is 2. The molecule has 0 unspecified atom stereocenters. The van der Waals surface area contributed by atoms with E-state index in [4.69, 9.17) is 18.3 Å². The van der Waals surface area contributed by atoms with E-state index in [0.717, 1.165) is 11.1 Å². The number of oxazole rings is 2. The number of nitrogens with one attached hydrogen (secondary N) is 1. The Kier molecular flexibility index (Phi) is 6.94. The van der Waals surface area contributed by atoms with Crippen LogP contribution in [0.1, 0.15) is 35.4 Å². The predicted octanol–water partition coefficient (Wildman–Crippen LogP) is 4.59. The molecule has 4 aromatic rings. The molecular weight excluding hydrogens is 424 g/mol. The predicted molar refractivity (Wildman–Crippen MR) is 122 cm³/mol. The third kappa shape index (κ3) is 5.94. The van der Waals surface area contributed by atoms with Gasteiger partial charge in [-0.15, -0.1) is 0 Å². The van der Waals surface area contributed by atoms with Crippen LogP contribution in [0.2, 0.25) is 0 Å². The Bertz CT molecular complexity index is 1270. The van der Waals surface area contributed by atoms with Gasteiger partial charge in [0.15, 0.2) is 17.3 Å². The minimum atomic E-state index is -0.673. The van der Waals surface area contributed by atoms with Crippen LogP contribution in [0.25, 0.3) is 12.2 Å². The maximum atomic E-state index is 11.2. The molecule has 8 nitrogen and oxygen atoms in total. The number of rotatable bonds is 10. The van der Waals surface area contributed by atoms with Crippen molar-refractivity contribution in [1.82, 2.24) is 9.97 Å². The lowest BCUT2D eigenvalue weighted by atomic mass is 10.1. The molecule has 0 fully saturated rings. The second-order valence-electron chi connectivity index (χ2n) is 7.21. The lowest BCUT2D eigenvalue weighted by Gasteiger charge is -2.12. The summed E-state index contributed by atoms with van der Waals surface area (Å²) in [7, 11) is 0. The molecule has 0 atom stereocenters. The van der Waals surface area contributed by atoms with Gasteiger partial charge in [-0.2, -0.15) is 0 Å². The molecule has 0 radical (unpaired) electrons. The van der Waals surface area contributed by atoms with Crippen LogP contribution in [0.3, 0.4) is 0 Å². The van der Waals surface area contributed by atoms with E-state index in [1.807, 2.05) is 67.6 Å². The number of aromatic hydroxyl groups is 1. The Hall–Kier alpha value is -4.20. The van der Waals surface area contributed by atoms with Gasteiger partial charge in [0.25, 0.3) is 0 Å². The molecule has 170 valence electrons. The van der Waals surface area contributed by atoms with E-state index in [9.17, 15) is 9.90 Å². The maximum absolute atomic E-state index is 11.2. The van der Waals surface area contributed by atoms with Crippen LogP contribution in [0, 0.1) is 0 Å². The summed E-state index contributed by atoms with van der Waals surface area (Å²) in [5.41, 5.74) is 2.67. The molecule has 8 heteroatoms. The average Bonchev–Trinajstić information content (AvgIpc) is 3.41. The zero-order valence-corrected chi connectivity index (χ0v) is 18.1. The van der Waals surface area contributed by atoms with E-state index >= 15 is 0 Å². The summed E-state index contributed by atoms with van der Waals surface area (Å²) in [4.78, 5) is 17.8. The van der Waals surface area contributed by atoms with Crippen LogP contribution in [-0.2, 0) is 19.4 Å². The number of H-pyrrole nitrogens is 1. The van der Waals surface area contributed by atoms with Crippen molar-refractivity contribution in [2.45, 2.75) is 26.4 Å². The highest BCUT2D eigenvalue weighted by molar-refractivity contribution is 5.65. The molecule has 0 saturated carbocycles. The Morgan fingerprint density at radius 1 is 1.06 bits per heavy atom. The van der Waals surface area contributed by atoms with Crippen molar-refractivity contribution in [2.24, 2.45) is 0 Å². The molecule has 0 bridgehead atoms. The second kappa shape index (κ2) is 10.4. The quantitative estimate of drug-likeness (QED) is 0.365. The van der Waals surface area contributed by atoms with E-state index in [1.165, 1.54) is 0 Å². The van der Waals surface area contributed by atoms with Gasteiger partial charge in [0.05, 0.1) is 6.61 Å². The van der Waals surface area contributed by atoms with Crippen LogP contribution in [0.15, 0.2) is 68.4 Å². The van der Waals surface area contributed by atoms with E-state index in [1.54, 1.807) is 6.26 Å². The van der Waals surface area contributed by atoms with E-state index < -0.39 is 5.76 Å². The van der Waals surface area contributed by atoms with E-state index in [-0.39, 0.29) is 18.2 Å². The van der Waals surface area contributed by atoms with Crippen LogP contribution >= 0.6 is 0 Å². The van der Waals surface area contributed by atoms with Gasteiger partial charge < -0.3 is 23.4 Å². The molecular formula is C25H24N2O6. The first-order valence-corrected chi connectivity index (χ1v) is 10.6. The Morgan fingerprint density at radius 2 is 1.91 bits per heavy atom. The molecule has 0 spiro atoms.